The maximum absolute atomic E-state index is 12.5. The molecule has 16 heavy (non-hydrogen) atoms. The smallest absolute Gasteiger partial charge is 0.173 e. The molecule has 0 aromatic carbocycles. The zero-order valence-corrected chi connectivity index (χ0v) is 8.32. The highest BCUT2D eigenvalue weighted by Crippen LogP contribution is 2.38. The SMILES string of the molecule is CC(C)c1cnn(C(F)(F)F)c1C(F)(F)F. The van der Waals surface area contributed by atoms with Gasteiger partial charge in [-0.25, -0.2) is 0 Å². The van der Waals surface area contributed by atoms with Crippen molar-refractivity contribution < 1.29 is 26.3 Å². The van der Waals surface area contributed by atoms with Crippen molar-refractivity contribution in [3.05, 3.63) is 17.5 Å². The number of rotatable bonds is 1. The first-order valence-corrected chi connectivity index (χ1v) is 4.27. The third-order valence-corrected chi connectivity index (χ3v) is 1.93. The normalized spacial score (nSPS) is 13.6. The van der Waals surface area contributed by atoms with Crippen LogP contribution < -0.4 is 0 Å². The average Bonchev–Trinajstić information content (AvgIpc) is 2.43. The van der Waals surface area contributed by atoms with Crippen LogP contribution in [0.1, 0.15) is 31.0 Å². The Hall–Kier alpha value is -1.21. The second-order valence-corrected chi connectivity index (χ2v) is 3.48. The number of aromatic nitrogens is 2. The summed E-state index contributed by atoms with van der Waals surface area (Å²) in [6.07, 6.45) is -9.65. The Labute approximate surface area is 86.9 Å². The molecule has 0 aliphatic rings. The van der Waals surface area contributed by atoms with Crippen LogP contribution >= 0.6 is 0 Å². The first-order valence-electron chi connectivity index (χ1n) is 4.27. The van der Waals surface area contributed by atoms with Crippen molar-refractivity contribution in [3.63, 3.8) is 0 Å². The molecule has 1 rings (SSSR count). The molecule has 0 N–H and O–H groups in total. The summed E-state index contributed by atoms with van der Waals surface area (Å²) in [7, 11) is 0. The molecule has 1 aromatic heterocycles. The Morgan fingerprint density at radius 1 is 1.12 bits per heavy atom. The van der Waals surface area contributed by atoms with Crippen LogP contribution in [0.25, 0.3) is 0 Å². The van der Waals surface area contributed by atoms with Gasteiger partial charge in [0.1, 0.15) is 0 Å². The van der Waals surface area contributed by atoms with Crippen LogP contribution in [0.5, 0.6) is 0 Å². The summed E-state index contributed by atoms with van der Waals surface area (Å²) in [6.45, 7) is 2.74. The van der Waals surface area contributed by atoms with E-state index in [4.69, 9.17) is 0 Å². The van der Waals surface area contributed by atoms with Gasteiger partial charge in [0.2, 0.25) is 0 Å². The van der Waals surface area contributed by atoms with E-state index in [0.29, 0.717) is 6.20 Å². The highest BCUT2D eigenvalue weighted by Gasteiger charge is 2.46. The van der Waals surface area contributed by atoms with Gasteiger partial charge in [0.15, 0.2) is 5.69 Å². The molecule has 2 nitrogen and oxygen atoms in total. The lowest BCUT2D eigenvalue weighted by Crippen LogP contribution is -2.26. The van der Waals surface area contributed by atoms with Gasteiger partial charge in [-0.3, -0.25) is 0 Å². The van der Waals surface area contributed by atoms with E-state index in [1.165, 1.54) is 13.8 Å². The summed E-state index contributed by atoms with van der Waals surface area (Å²) in [6, 6.07) is 0. The van der Waals surface area contributed by atoms with Crippen molar-refractivity contribution in [3.8, 4) is 0 Å². The molecule has 0 bridgehead atoms. The highest BCUT2D eigenvalue weighted by molar-refractivity contribution is 5.24. The van der Waals surface area contributed by atoms with E-state index in [-0.39, 0.29) is 0 Å². The van der Waals surface area contributed by atoms with Gasteiger partial charge in [0.25, 0.3) is 0 Å². The summed E-state index contributed by atoms with van der Waals surface area (Å²) < 4.78 is 73.2. The van der Waals surface area contributed by atoms with Crippen molar-refractivity contribution in [2.24, 2.45) is 0 Å². The third-order valence-electron chi connectivity index (χ3n) is 1.93. The molecule has 0 aliphatic heterocycles. The first-order chi connectivity index (χ1) is 7.05. The molecule has 0 spiro atoms. The Kier molecular flexibility index (Phi) is 2.95. The first kappa shape index (κ1) is 12.9. The molecule has 92 valence electrons. The Morgan fingerprint density at radius 2 is 1.62 bits per heavy atom. The Bertz CT molecular complexity index is 373. The van der Waals surface area contributed by atoms with E-state index < -0.39 is 34.3 Å². The van der Waals surface area contributed by atoms with Gasteiger partial charge < -0.3 is 0 Å². The lowest BCUT2D eigenvalue weighted by Gasteiger charge is -2.15. The fourth-order valence-corrected chi connectivity index (χ4v) is 1.26. The lowest BCUT2D eigenvalue weighted by atomic mass is 10.0. The van der Waals surface area contributed by atoms with Crippen molar-refractivity contribution in [2.75, 3.05) is 0 Å². The van der Waals surface area contributed by atoms with E-state index in [9.17, 15) is 26.3 Å². The largest absolute Gasteiger partial charge is 0.505 e. The molecule has 0 unspecified atom stereocenters. The molecule has 0 saturated heterocycles. The van der Waals surface area contributed by atoms with Gasteiger partial charge in [0.05, 0.1) is 6.20 Å². The second-order valence-electron chi connectivity index (χ2n) is 3.48. The van der Waals surface area contributed by atoms with Crippen molar-refractivity contribution in [1.82, 2.24) is 9.78 Å². The van der Waals surface area contributed by atoms with Gasteiger partial charge >= 0.3 is 12.5 Å². The molecule has 8 heteroatoms. The minimum atomic E-state index is -5.17. The topological polar surface area (TPSA) is 17.8 Å². The fraction of sp³-hybridized carbons (Fsp3) is 0.625. The molecule has 0 radical (unpaired) electrons. The lowest BCUT2D eigenvalue weighted by molar-refractivity contribution is -0.229. The maximum atomic E-state index is 12.5. The standard InChI is InChI=1S/C8H8F6N2/c1-4(2)5-3-15-16(8(12,13)14)6(5)7(9,10)11/h3-4H,1-2H3. The van der Waals surface area contributed by atoms with Crippen molar-refractivity contribution in [2.45, 2.75) is 32.2 Å². The Morgan fingerprint density at radius 3 is 1.94 bits per heavy atom. The van der Waals surface area contributed by atoms with E-state index >= 15 is 0 Å². The minimum absolute atomic E-state index is 0.468. The van der Waals surface area contributed by atoms with Crippen LogP contribution in [0.3, 0.4) is 0 Å². The van der Waals surface area contributed by atoms with Crippen LogP contribution in [-0.2, 0) is 12.5 Å². The molecule has 0 amide bonds. The molecular weight excluding hydrogens is 238 g/mol. The zero-order valence-electron chi connectivity index (χ0n) is 8.32. The van der Waals surface area contributed by atoms with E-state index in [1.807, 2.05) is 0 Å². The van der Waals surface area contributed by atoms with Crippen LogP contribution in [0.4, 0.5) is 26.3 Å². The summed E-state index contributed by atoms with van der Waals surface area (Å²) in [4.78, 5) is 0. The quantitative estimate of drug-likeness (QED) is 0.693. The fourth-order valence-electron chi connectivity index (χ4n) is 1.26. The van der Waals surface area contributed by atoms with Crippen LogP contribution in [0.2, 0.25) is 0 Å². The molecule has 1 heterocycles. The van der Waals surface area contributed by atoms with Crippen LogP contribution in [-0.4, -0.2) is 9.78 Å². The van der Waals surface area contributed by atoms with Crippen molar-refractivity contribution >= 4 is 0 Å². The van der Waals surface area contributed by atoms with Crippen LogP contribution in [0, 0.1) is 0 Å². The van der Waals surface area contributed by atoms with Gasteiger partial charge in [-0.05, 0) is 5.92 Å². The monoisotopic (exact) mass is 246 g/mol. The Balaban J connectivity index is 3.44. The molecule has 0 atom stereocenters. The van der Waals surface area contributed by atoms with Gasteiger partial charge in [0, 0.05) is 5.56 Å². The molecule has 0 aliphatic carbocycles. The van der Waals surface area contributed by atoms with Crippen molar-refractivity contribution in [1.29, 1.82) is 0 Å². The third kappa shape index (κ3) is 2.30. The second kappa shape index (κ2) is 3.67. The van der Waals surface area contributed by atoms with Gasteiger partial charge in [-0.2, -0.15) is 23.0 Å². The van der Waals surface area contributed by atoms with Crippen LogP contribution in [0.15, 0.2) is 6.20 Å². The van der Waals surface area contributed by atoms with E-state index in [1.54, 1.807) is 0 Å². The average molecular weight is 246 g/mol. The number of hydrogen-bond donors (Lipinski definition) is 0. The summed E-state index contributed by atoms with van der Waals surface area (Å²) in [5, 5.41) is 2.75. The summed E-state index contributed by atoms with van der Waals surface area (Å²) >= 11 is 0. The summed E-state index contributed by atoms with van der Waals surface area (Å²) in [5.74, 6) is -0.687. The zero-order chi connectivity index (χ0) is 12.7. The predicted octanol–water partition coefficient (Wildman–Crippen LogP) is 3.50. The number of nitrogens with zero attached hydrogens (tertiary/aromatic N) is 2. The number of alkyl halides is 6. The predicted molar refractivity (Wildman–Crippen MR) is 42.6 cm³/mol. The number of halogens is 6. The molecule has 1 aromatic rings. The highest BCUT2D eigenvalue weighted by atomic mass is 19.4. The molecule has 0 saturated carbocycles. The molecular formula is C8H8F6N2. The van der Waals surface area contributed by atoms with E-state index in [2.05, 4.69) is 5.10 Å². The van der Waals surface area contributed by atoms with Gasteiger partial charge in [-0.15, -0.1) is 13.2 Å². The molecule has 0 fully saturated rings. The summed E-state index contributed by atoms with van der Waals surface area (Å²) in [5.41, 5.74) is -2.22. The van der Waals surface area contributed by atoms with Gasteiger partial charge in [-0.1, -0.05) is 13.8 Å². The van der Waals surface area contributed by atoms with E-state index in [0.717, 1.165) is 0 Å². The minimum Gasteiger partial charge on any atom is -0.173 e. The maximum Gasteiger partial charge on any atom is 0.505 e. The number of hydrogen-bond acceptors (Lipinski definition) is 1.